The number of nitrogens with one attached hydrogen (secondary N) is 2. The van der Waals surface area contributed by atoms with Crippen molar-refractivity contribution in [2.45, 2.75) is 27.3 Å². The summed E-state index contributed by atoms with van der Waals surface area (Å²) >= 11 is 0. The van der Waals surface area contributed by atoms with Crippen LogP contribution in [0.25, 0.3) is 0 Å². The molecule has 6 heteroatoms. The van der Waals surface area contributed by atoms with Gasteiger partial charge in [-0.25, -0.2) is 9.98 Å². The van der Waals surface area contributed by atoms with Gasteiger partial charge in [0.2, 0.25) is 5.88 Å². The average molecular weight is 378 g/mol. The molecular formula is C13H23IN4O. The van der Waals surface area contributed by atoms with Gasteiger partial charge >= 0.3 is 0 Å². The van der Waals surface area contributed by atoms with Crippen LogP contribution in [0.2, 0.25) is 0 Å². The molecule has 0 bridgehead atoms. The number of aliphatic imine (C=N–C) groups is 1. The third-order valence-corrected chi connectivity index (χ3v) is 2.23. The van der Waals surface area contributed by atoms with Crippen LogP contribution in [-0.2, 0) is 6.54 Å². The number of halogens is 1. The van der Waals surface area contributed by atoms with Gasteiger partial charge < -0.3 is 15.4 Å². The highest BCUT2D eigenvalue weighted by atomic mass is 127. The van der Waals surface area contributed by atoms with Crippen molar-refractivity contribution in [3.8, 4) is 5.88 Å². The van der Waals surface area contributed by atoms with Crippen LogP contribution >= 0.6 is 24.0 Å². The molecule has 0 saturated carbocycles. The molecule has 108 valence electrons. The first-order chi connectivity index (χ1) is 8.81. The van der Waals surface area contributed by atoms with Gasteiger partial charge in [-0.1, -0.05) is 6.07 Å². The number of nitrogens with zero attached hydrogens (tertiary/aromatic N) is 2. The molecule has 5 nitrogen and oxygen atoms in total. The van der Waals surface area contributed by atoms with E-state index in [0.29, 0.717) is 19.0 Å². The lowest BCUT2D eigenvalue weighted by atomic mass is 10.3. The summed E-state index contributed by atoms with van der Waals surface area (Å²) in [6, 6.07) is 3.88. The SMILES string of the molecule is CCNC(=NCc1cccnc1OCC)NCC.I. The molecule has 0 saturated heterocycles. The molecule has 0 radical (unpaired) electrons. The van der Waals surface area contributed by atoms with Crippen molar-refractivity contribution in [1.29, 1.82) is 0 Å². The van der Waals surface area contributed by atoms with Crippen LogP contribution < -0.4 is 15.4 Å². The van der Waals surface area contributed by atoms with Crippen LogP contribution in [-0.4, -0.2) is 30.6 Å². The normalized spacial score (nSPS) is 9.21. The average Bonchev–Trinajstić information content (AvgIpc) is 2.38. The van der Waals surface area contributed by atoms with Crippen molar-refractivity contribution in [3.05, 3.63) is 23.9 Å². The van der Waals surface area contributed by atoms with E-state index in [4.69, 9.17) is 4.74 Å². The highest BCUT2D eigenvalue weighted by Gasteiger charge is 2.03. The summed E-state index contributed by atoms with van der Waals surface area (Å²) in [7, 11) is 0. The number of guanidine groups is 1. The second kappa shape index (κ2) is 10.8. The van der Waals surface area contributed by atoms with Gasteiger partial charge in [-0.3, -0.25) is 0 Å². The summed E-state index contributed by atoms with van der Waals surface area (Å²) in [5.41, 5.74) is 0.993. The van der Waals surface area contributed by atoms with E-state index >= 15 is 0 Å². The van der Waals surface area contributed by atoms with Crippen LogP contribution in [0.5, 0.6) is 5.88 Å². The fourth-order valence-corrected chi connectivity index (χ4v) is 1.48. The molecule has 0 spiro atoms. The molecule has 1 aromatic rings. The molecule has 1 aromatic heterocycles. The maximum absolute atomic E-state index is 5.47. The third-order valence-electron chi connectivity index (χ3n) is 2.23. The molecule has 1 rings (SSSR count). The third kappa shape index (κ3) is 6.60. The fraction of sp³-hybridized carbons (Fsp3) is 0.538. The summed E-state index contributed by atoms with van der Waals surface area (Å²) in [5.74, 6) is 1.47. The van der Waals surface area contributed by atoms with Gasteiger partial charge in [0.1, 0.15) is 0 Å². The molecule has 0 aliphatic carbocycles. The molecule has 1 heterocycles. The lowest BCUT2D eigenvalue weighted by Gasteiger charge is -2.10. The van der Waals surface area contributed by atoms with E-state index in [1.54, 1.807) is 6.20 Å². The number of aromatic nitrogens is 1. The zero-order chi connectivity index (χ0) is 13.2. The van der Waals surface area contributed by atoms with Gasteiger partial charge in [-0.15, -0.1) is 24.0 Å². The molecule has 2 N–H and O–H groups in total. The quantitative estimate of drug-likeness (QED) is 0.453. The van der Waals surface area contributed by atoms with Crippen LogP contribution in [0, 0.1) is 0 Å². The smallest absolute Gasteiger partial charge is 0.218 e. The molecule has 0 fully saturated rings. The minimum atomic E-state index is 0. The van der Waals surface area contributed by atoms with E-state index in [-0.39, 0.29) is 24.0 Å². The van der Waals surface area contributed by atoms with Gasteiger partial charge in [-0.2, -0.15) is 0 Å². The number of pyridine rings is 1. The standard InChI is InChI=1S/C13H22N4O.HI/c1-4-14-13(15-5-2)17-10-11-8-7-9-16-12(11)18-6-3;/h7-9H,4-6,10H2,1-3H3,(H2,14,15,17);1H. The molecular weight excluding hydrogens is 355 g/mol. The van der Waals surface area contributed by atoms with Gasteiger partial charge in [0.25, 0.3) is 0 Å². The molecule has 0 aromatic carbocycles. The van der Waals surface area contributed by atoms with Crippen molar-refractivity contribution in [1.82, 2.24) is 15.6 Å². The monoisotopic (exact) mass is 378 g/mol. The molecule has 0 unspecified atom stereocenters. The van der Waals surface area contributed by atoms with Gasteiger partial charge in [0, 0.05) is 24.8 Å². The largest absolute Gasteiger partial charge is 0.478 e. The van der Waals surface area contributed by atoms with Crippen LogP contribution in [0.3, 0.4) is 0 Å². The first-order valence-electron chi connectivity index (χ1n) is 6.40. The van der Waals surface area contributed by atoms with Crippen molar-refractivity contribution < 1.29 is 4.74 Å². The van der Waals surface area contributed by atoms with E-state index in [2.05, 4.69) is 20.6 Å². The Morgan fingerprint density at radius 3 is 2.53 bits per heavy atom. The predicted octanol–water partition coefficient (Wildman–Crippen LogP) is 2.17. The molecule has 0 amide bonds. The molecule has 19 heavy (non-hydrogen) atoms. The van der Waals surface area contributed by atoms with Gasteiger partial charge in [0.05, 0.1) is 13.2 Å². The molecule has 0 aliphatic heterocycles. The van der Waals surface area contributed by atoms with Gasteiger partial charge in [0.15, 0.2) is 5.96 Å². The lowest BCUT2D eigenvalue weighted by Crippen LogP contribution is -2.36. The first-order valence-corrected chi connectivity index (χ1v) is 6.40. The maximum atomic E-state index is 5.47. The van der Waals surface area contributed by atoms with E-state index in [1.165, 1.54) is 0 Å². The Hall–Kier alpha value is -1.05. The minimum Gasteiger partial charge on any atom is -0.478 e. The number of ether oxygens (including phenoxy) is 1. The van der Waals surface area contributed by atoms with Crippen LogP contribution in [0.1, 0.15) is 26.3 Å². The van der Waals surface area contributed by atoms with E-state index in [9.17, 15) is 0 Å². The highest BCUT2D eigenvalue weighted by Crippen LogP contribution is 2.14. The van der Waals surface area contributed by atoms with Gasteiger partial charge in [-0.05, 0) is 26.8 Å². The zero-order valence-electron chi connectivity index (χ0n) is 11.8. The topological polar surface area (TPSA) is 58.5 Å². The van der Waals surface area contributed by atoms with Crippen molar-refractivity contribution in [3.63, 3.8) is 0 Å². The summed E-state index contributed by atoms with van der Waals surface area (Å²) < 4.78 is 5.47. The van der Waals surface area contributed by atoms with Crippen molar-refractivity contribution in [2.75, 3.05) is 19.7 Å². The van der Waals surface area contributed by atoms with Crippen molar-refractivity contribution in [2.24, 2.45) is 4.99 Å². The Kier molecular flexibility index (Phi) is 10.2. The lowest BCUT2D eigenvalue weighted by molar-refractivity contribution is 0.323. The number of hydrogen-bond donors (Lipinski definition) is 2. The first kappa shape index (κ1) is 17.9. The minimum absolute atomic E-state index is 0. The Bertz CT molecular complexity index is 377. The van der Waals surface area contributed by atoms with Crippen LogP contribution in [0.15, 0.2) is 23.3 Å². The van der Waals surface area contributed by atoms with E-state index < -0.39 is 0 Å². The highest BCUT2D eigenvalue weighted by molar-refractivity contribution is 14.0. The maximum Gasteiger partial charge on any atom is 0.218 e. The Morgan fingerprint density at radius 2 is 1.95 bits per heavy atom. The molecule has 0 atom stereocenters. The summed E-state index contributed by atoms with van der Waals surface area (Å²) in [6.07, 6.45) is 1.73. The van der Waals surface area contributed by atoms with E-state index in [1.807, 2.05) is 32.9 Å². The Labute approximate surface area is 132 Å². The van der Waals surface area contributed by atoms with E-state index in [0.717, 1.165) is 24.6 Å². The summed E-state index contributed by atoms with van der Waals surface area (Å²) in [5, 5.41) is 6.37. The Morgan fingerprint density at radius 1 is 1.26 bits per heavy atom. The second-order valence-corrected chi connectivity index (χ2v) is 3.63. The summed E-state index contributed by atoms with van der Waals surface area (Å²) in [6.45, 7) is 8.89. The predicted molar refractivity (Wildman–Crippen MR) is 89.3 cm³/mol. The Balaban J connectivity index is 0.00000324. The zero-order valence-corrected chi connectivity index (χ0v) is 14.1. The molecule has 0 aliphatic rings. The number of hydrogen-bond acceptors (Lipinski definition) is 3. The van der Waals surface area contributed by atoms with Crippen LogP contribution in [0.4, 0.5) is 0 Å². The number of rotatable bonds is 6. The summed E-state index contributed by atoms with van der Waals surface area (Å²) in [4.78, 5) is 8.70. The fourth-order valence-electron chi connectivity index (χ4n) is 1.48. The second-order valence-electron chi connectivity index (χ2n) is 3.63. The van der Waals surface area contributed by atoms with Crippen molar-refractivity contribution >= 4 is 29.9 Å².